The Morgan fingerprint density at radius 1 is 1.36 bits per heavy atom. The maximum absolute atomic E-state index is 9.65. The molecule has 0 fully saturated rings. The Labute approximate surface area is 84.2 Å². The largest absolute Gasteiger partial charge is 0.508 e. The highest BCUT2D eigenvalue weighted by Crippen LogP contribution is 2.26. The number of nitrogens with two attached hydrogens (primary N) is 1. The fourth-order valence-electron chi connectivity index (χ4n) is 1.33. The molecule has 78 valence electrons. The van der Waals surface area contributed by atoms with E-state index in [1.807, 2.05) is 6.07 Å². The highest BCUT2D eigenvalue weighted by Gasteiger charge is 2.10. The summed E-state index contributed by atoms with van der Waals surface area (Å²) in [4.78, 5) is 0. The molecule has 4 N–H and O–H groups in total. The van der Waals surface area contributed by atoms with Gasteiger partial charge >= 0.3 is 0 Å². The van der Waals surface area contributed by atoms with E-state index in [9.17, 15) is 5.11 Å². The van der Waals surface area contributed by atoms with Gasteiger partial charge in [-0.1, -0.05) is 26.0 Å². The van der Waals surface area contributed by atoms with Gasteiger partial charge in [0.05, 0.1) is 12.6 Å². The zero-order valence-corrected chi connectivity index (χ0v) is 8.57. The Balaban J connectivity index is 3.01. The van der Waals surface area contributed by atoms with E-state index in [1.54, 1.807) is 12.1 Å². The van der Waals surface area contributed by atoms with Gasteiger partial charge in [0, 0.05) is 5.56 Å². The first kappa shape index (κ1) is 11.0. The average Bonchev–Trinajstić information content (AvgIpc) is 2.16. The number of hydrogen-bond donors (Lipinski definition) is 3. The second-order valence-electron chi connectivity index (χ2n) is 3.76. The molecular formula is C11H17NO2. The number of aromatic hydroxyl groups is 1. The minimum atomic E-state index is -0.504. The molecule has 0 amide bonds. The van der Waals surface area contributed by atoms with Crippen molar-refractivity contribution in [3.63, 3.8) is 0 Å². The number of aliphatic hydroxyl groups excluding tert-OH is 1. The van der Waals surface area contributed by atoms with E-state index in [0.717, 1.165) is 5.56 Å². The van der Waals surface area contributed by atoms with Gasteiger partial charge in [0.2, 0.25) is 0 Å². The third kappa shape index (κ3) is 2.25. The van der Waals surface area contributed by atoms with Crippen LogP contribution in [0.1, 0.15) is 36.9 Å². The van der Waals surface area contributed by atoms with Gasteiger partial charge in [-0.15, -0.1) is 0 Å². The molecule has 1 aromatic rings. The van der Waals surface area contributed by atoms with E-state index in [1.165, 1.54) is 0 Å². The average molecular weight is 195 g/mol. The van der Waals surface area contributed by atoms with Crippen molar-refractivity contribution in [2.45, 2.75) is 25.8 Å². The van der Waals surface area contributed by atoms with E-state index in [-0.39, 0.29) is 12.4 Å². The predicted octanol–water partition coefficient (Wildman–Crippen LogP) is 1.51. The topological polar surface area (TPSA) is 66.5 Å². The summed E-state index contributed by atoms with van der Waals surface area (Å²) in [5, 5.41) is 18.5. The molecule has 1 rings (SSSR count). The van der Waals surface area contributed by atoms with E-state index >= 15 is 0 Å². The third-order valence-corrected chi connectivity index (χ3v) is 2.32. The maximum atomic E-state index is 9.65. The van der Waals surface area contributed by atoms with Crippen molar-refractivity contribution < 1.29 is 10.2 Å². The van der Waals surface area contributed by atoms with Crippen molar-refractivity contribution in [2.75, 3.05) is 6.61 Å². The summed E-state index contributed by atoms with van der Waals surface area (Å²) in [6, 6.07) is 4.90. The van der Waals surface area contributed by atoms with Crippen molar-refractivity contribution >= 4 is 0 Å². The lowest BCUT2D eigenvalue weighted by molar-refractivity contribution is 0.265. The first-order valence-electron chi connectivity index (χ1n) is 4.75. The van der Waals surface area contributed by atoms with Crippen LogP contribution in [0.15, 0.2) is 18.2 Å². The van der Waals surface area contributed by atoms with E-state index < -0.39 is 6.04 Å². The number of benzene rings is 1. The fraction of sp³-hybridized carbons (Fsp3) is 0.455. The summed E-state index contributed by atoms with van der Waals surface area (Å²) in [5.41, 5.74) is 7.27. The van der Waals surface area contributed by atoms with Gasteiger partial charge in [-0.3, -0.25) is 0 Å². The molecule has 0 aromatic heterocycles. The molecule has 1 unspecified atom stereocenters. The summed E-state index contributed by atoms with van der Waals surface area (Å²) >= 11 is 0. The molecule has 0 heterocycles. The van der Waals surface area contributed by atoms with Crippen LogP contribution in [0.5, 0.6) is 5.75 Å². The standard InChI is InChI=1S/C11H17NO2/c1-7(2)8-3-4-9(10(12)6-13)11(14)5-8/h3-5,7,10,13-14H,6,12H2,1-2H3. The summed E-state index contributed by atoms with van der Waals surface area (Å²) in [7, 11) is 0. The van der Waals surface area contributed by atoms with Gasteiger partial charge in [0.15, 0.2) is 0 Å². The van der Waals surface area contributed by atoms with Crippen LogP contribution in [0.25, 0.3) is 0 Å². The summed E-state index contributed by atoms with van der Waals surface area (Å²) < 4.78 is 0. The van der Waals surface area contributed by atoms with E-state index in [2.05, 4.69) is 13.8 Å². The minimum Gasteiger partial charge on any atom is -0.508 e. The van der Waals surface area contributed by atoms with Crippen LogP contribution in [-0.4, -0.2) is 16.8 Å². The molecule has 3 nitrogen and oxygen atoms in total. The quantitative estimate of drug-likeness (QED) is 0.684. The van der Waals surface area contributed by atoms with Gasteiger partial charge in [0.1, 0.15) is 5.75 Å². The Morgan fingerprint density at radius 2 is 2.00 bits per heavy atom. The molecule has 0 saturated carbocycles. The second kappa shape index (κ2) is 4.44. The zero-order valence-electron chi connectivity index (χ0n) is 8.57. The van der Waals surface area contributed by atoms with Crippen LogP contribution in [0.3, 0.4) is 0 Å². The van der Waals surface area contributed by atoms with Gasteiger partial charge in [-0.05, 0) is 17.5 Å². The lowest BCUT2D eigenvalue weighted by Crippen LogP contribution is -2.14. The summed E-state index contributed by atoms with van der Waals surface area (Å²) in [5.74, 6) is 0.540. The second-order valence-corrected chi connectivity index (χ2v) is 3.76. The molecule has 0 spiro atoms. The van der Waals surface area contributed by atoms with Crippen LogP contribution in [0.4, 0.5) is 0 Å². The molecule has 0 radical (unpaired) electrons. The number of rotatable bonds is 3. The van der Waals surface area contributed by atoms with Crippen LogP contribution >= 0.6 is 0 Å². The Kier molecular flexibility index (Phi) is 3.49. The number of hydrogen-bond acceptors (Lipinski definition) is 3. The van der Waals surface area contributed by atoms with Gasteiger partial charge in [0.25, 0.3) is 0 Å². The normalized spacial score (nSPS) is 13.2. The first-order valence-corrected chi connectivity index (χ1v) is 4.75. The van der Waals surface area contributed by atoms with Crippen molar-refractivity contribution in [3.8, 4) is 5.75 Å². The van der Waals surface area contributed by atoms with Gasteiger partial charge in [-0.25, -0.2) is 0 Å². The fourth-order valence-corrected chi connectivity index (χ4v) is 1.33. The van der Waals surface area contributed by atoms with Gasteiger partial charge < -0.3 is 15.9 Å². The lowest BCUT2D eigenvalue weighted by atomic mass is 9.98. The third-order valence-electron chi connectivity index (χ3n) is 2.32. The molecule has 0 saturated heterocycles. The monoisotopic (exact) mass is 195 g/mol. The van der Waals surface area contributed by atoms with Crippen molar-refractivity contribution in [2.24, 2.45) is 5.73 Å². The Hall–Kier alpha value is -1.06. The molecule has 0 aliphatic carbocycles. The van der Waals surface area contributed by atoms with Crippen LogP contribution in [-0.2, 0) is 0 Å². The van der Waals surface area contributed by atoms with Crippen LogP contribution in [0, 0.1) is 0 Å². The molecule has 0 bridgehead atoms. The van der Waals surface area contributed by atoms with Gasteiger partial charge in [-0.2, -0.15) is 0 Å². The molecule has 1 atom stereocenters. The number of phenols is 1. The van der Waals surface area contributed by atoms with E-state index in [4.69, 9.17) is 10.8 Å². The Morgan fingerprint density at radius 3 is 2.43 bits per heavy atom. The molecule has 1 aromatic carbocycles. The number of aliphatic hydroxyl groups is 1. The van der Waals surface area contributed by atoms with Crippen LogP contribution < -0.4 is 5.73 Å². The number of phenolic OH excluding ortho intramolecular Hbond substituents is 1. The zero-order chi connectivity index (χ0) is 10.7. The minimum absolute atomic E-state index is 0.158. The molecular weight excluding hydrogens is 178 g/mol. The van der Waals surface area contributed by atoms with Crippen molar-refractivity contribution in [1.29, 1.82) is 0 Å². The van der Waals surface area contributed by atoms with Crippen molar-refractivity contribution in [3.05, 3.63) is 29.3 Å². The lowest BCUT2D eigenvalue weighted by Gasteiger charge is -2.13. The van der Waals surface area contributed by atoms with Crippen LogP contribution in [0.2, 0.25) is 0 Å². The molecule has 0 aliphatic heterocycles. The highest BCUT2D eigenvalue weighted by molar-refractivity contribution is 5.39. The predicted molar refractivity (Wildman–Crippen MR) is 56.2 cm³/mol. The summed E-state index contributed by atoms with van der Waals surface area (Å²) in [6.45, 7) is 3.95. The maximum Gasteiger partial charge on any atom is 0.120 e. The Bertz CT molecular complexity index is 310. The van der Waals surface area contributed by atoms with Crippen molar-refractivity contribution in [1.82, 2.24) is 0 Å². The van der Waals surface area contributed by atoms with E-state index in [0.29, 0.717) is 11.5 Å². The highest BCUT2D eigenvalue weighted by atomic mass is 16.3. The first-order chi connectivity index (χ1) is 6.56. The smallest absolute Gasteiger partial charge is 0.120 e. The molecule has 14 heavy (non-hydrogen) atoms. The summed E-state index contributed by atoms with van der Waals surface area (Å²) in [6.07, 6.45) is 0. The SMILES string of the molecule is CC(C)c1ccc(C(N)CO)c(O)c1. The molecule has 3 heteroatoms. The molecule has 0 aliphatic rings.